The molecule has 3 nitrogen and oxygen atoms in total. The number of fused-ring (bicyclic) bond motifs is 4. The monoisotopic (exact) mass is 538 g/mol. The van der Waals surface area contributed by atoms with Gasteiger partial charge >= 0.3 is 0 Å². The van der Waals surface area contributed by atoms with Crippen LogP contribution in [0.15, 0.2) is 108 Å². The van der Waals surface area contributed by atoms with E-state index in [1.54, 1.807) is 12.1 Å². The van der Waals surface area contributed by atoms with Gasteiger partial charge in [-0.1, -0.05) is 94.4 Å². The van der Waals surface area contributed by atoms with Crippen molar-refractivity contribution in [3.8, 4) is 28.2 Å². The molecular formula is C37H31FN2O. The van der Waals surface area contributed by atoms with Crippen LogP contribution in [0.25, 0.3) is 61.2 Å². The van der Waals surface area contributed by atoms with E-state index in [-0.39, 0.29) is 5.82 Å². The van der Waals surface area contributed by atoms with E-state index in [1.807, 2.05) is 30.3 Å². The van der Waals surface area contributed by atoms with Gasteiger partial charge in [0.15, 0.2) is 0 Å². The average molecular weight is 539 g/mol. The van der Waals surface area contributed by atoms with Crippen LogP contribution in [-0.4, -0.2) is 9.55 Å². The van der Waals surface area contributed by atoms with Crippen LogP contribution in [-0.2, 0) is 0 Å². The van der Waals surface area contributed by atoms with Crippen molar-refractivity contribution < 1.29 is 8.81 Å². The number of para-hydroxylation sites is 4. The van der Waals surface area contributed by atoms with Gasteiger partial charge in [0.2, 0.25) is 0 Å². The van der Waals surface area contributed by atoms with Crippen LogP contribution in [0, 0.1) is 5.82 Å². The fourth-order valence-electron chi connectivity index (χ4n) is 6.04. The quantitative estimate of drug-likeness (QED) is 0.218. The molecule has 0 aliphatic rings. The Kier molecular flexibility index (Phi) is 6.01. The molecule has 0 saturated heterocycles. The number of aromatic nitrogens is 2. The van der Waals surface area contributed by atoms with E-state index in [4.69, 9.17) is 9.40 Å². The first kappa shape index (κ1) is 25.3. The second-order valence-corrected chi connectivity index (χ2v) is 11.3. The van der Waals surface area contributed by atoms with Gasteiger partial charge in [-0.2, -0.15) is 0 Å². The fraction of sp³-hybridized carbons (Fsp3) is 0.162. The standard InChI is InChI=1S/C37H31FN2O/c1-22(2)25-12-9-13-26(23(3)4)35(25)40-33-18-8-7-17-32(33)39-37(40)30-15-10-14-29-28-20-19-24(21-34(28)41-36(29)30)27-11-5-6-16-31(27)38/h5-23H,1-4H3. The molecule has 4 heteroatoms. The summed E-state index contributed by atoms with van der Waals surface area (Å²) in [6.07, 6.45) is 0. The molecule has 0 radical (unpaired) electrons. The van der Waals surface area contributed by atoms with Crippen molar-refractivity contribution in [1.82, 2.24) is 9.55 Å². The van der Waals surface area contributed by atoms with Crippen LogP contribution in [0.2, 0.25) is 0 Å². The highest BCUT2D eigenvalue weighted by Crippen LogP contribution is 2.41. The summed E-state index contributed by atoms with van der Waals surface area (Å²) in [5.74, 6) is 1.26. The molecule has 2 heterocycles. The number of benzene rings is 5. The van der Waals surface area contributed by atoms with Gasteiger partial charge < -0.3 is 4.42 Å². The maximum atomic E-state index is 14.6. The molecule has 2 aromatic heterocycles. The first-order valence-electron chi connectivity index (χ1n) is 14.2. The number of halogens is 1. The molecule has 0 unspecified atom stereocenters. The van der Waals surface area contributed by atoms with Gasteiger partial charge in [-0.05, 0) is 64.9 Å². The molecule has 0 bridgehead atoms. The summed E-state index contributed by atoms with van der Waals surface area (Å²) in [7, 11) is 0. The molecule has 0 spiro atoms. The van der Waals surface area contributed by atoms with Crippen molar-refractivity contribution in [1.29, 1.82) is 0 Å². The van der Waals surface area contributed by atoms with E-state index in [1.165, 1.54) is 22.9 Å². The van der Waals surface area contributed by atoms with Crippen molar-refractivity contribution in [2.24, 2.45) is 0 Å². The Morgan fingerprint density at radius 1 is 0.683 bits per heavy atom. The van der Waals surface area contributed by atoms with Crippen molar-refractivity contribution in [2.45, 2.75) is 39.5 Å². The van der Waals surface area contributed by atoms with Crippen LogP contribution < -0.4 is 0 Å². The van der Waals surface area contributed by atoms with E-state index >= 15 is 0 Å². The summed E-state index contributed by atoms with van der Waals surface area (Å²) in [6, 6.07) is 34.0. The lowest BCUT2D eigenvalue weighted by atomic mass is 9.92. The fourth-order valence-corrected chi connectivity index (χ4v) is 6.04. The largest absolute Gasteiger partial charge is 0.455 e. The summed E-state index contributed by atoms with van der Waals surface area (Å²) in [4.78, 5) is 5.21. The smallest absolute Gasteiger partial charge is 0.149 e. The molecule has 41 heavy (non-hydrogen) atoms. The molecule has 7 aromatic rings. The second kappa shape index (κ2) is 9.74. The lowest BCUT2D eigenvalue weighted by Gasteiger charge is -2.22. The minimum atomic E-state index is -0.248. The summed E-state index contributed by atoms with van der Waals surface area (Å²) in [6.45, 7) is 8.98. The van der Waals surface area contributed by atoms with Gasteiger partial charge in [-0.25, -0.2) is 9.37 Å². The van der Waals surface area contributed by atoms with Gasteiger partial charge in [0.05, 0.1) is 22.3 Å². The van der Waals surface area contributed by atoms with E-state index in [0.717, 1.165) is 49.9 Å². The van der Waals surface area contributed by atoms with E-state index in [2.05, 4.69) is 86.9 Å². The van der Waals surface area contributed by atoms with E-state index in [9.17, 15) is 4.39 Å². The number of imidazole rings is 1. The third-order valence-electron chi connectivity index (χ3n) is 8.05. The molecule has 202 valence electrons. The Morgan fingerprint density at radius 3 is 2.12 bits per heavy atom. The van der Waals surface area contributed by atoms with Crippen molar-refractivity contribution in [3.05, 3.63) is 120 Å². The Hall–Kier alpha value is -4.70. The number of furan rings is 1. The first-order valence-corrected chi connectivity index (χ1v) is 14.2. The lowest BCUT2D eigenvalue weighted by molar-refractivity contribution is 0.631. The van der Waals surface area contributed by atoms with Gasteiger partial charge in [0.1, 0.15) is 22.8 Å². The van der Waals surface area contributed by atoms with Crippen LogP contribution in [0.3, 0.4) is 0 Å². The Bertz CT molecular complexity index is 2050. The van der Waals surface area contributed by atoms with Crippen LogP contribution >= 0.6 is 0 Å². The topological polar surface area (TPSA) is 31.0 Å². The molecule has 0 aliphatic carbocycles. The Labute approximate surface area is 238 Å². The van der Waals surface area contributed by atoms with Crippen molar-refractivity contribution in [3.63, 3.8) is 0 Å². The van der Waals surface area contributed by atoms with Gasteiger partial charge in [-0.15, -0.1) is 0 Å². The molecular weight excluding hydrogens is 507 g/mol. The number of hydrogen-bond donors (Lipinski definition) is 0. The molecule has 0 amide bonds. The third kappa shape index (κ3) is 4.05. The average Bonchev–Trinajstić information content (AvgIpc) is 3.55. The maximum absolute atomic E-state index is 14.6. The summed E-state index contributed by atoms with van der Waals surface area (Å²) in [5.41, 5.74) is 9.53. The van der Waals surface area contributed by atoms with Gasteiger partial charge in [-0.3, -0.25) is 4.57 Å². The SMILES string of the molecule is CC(C)c1cccc(C(C)C)c1-n1c(-c2cccc3c2oc2cc(-c4ccccc4F)ccc23)nc2ccccc21. The zero-order valence-corrected chi connectivity index (χ0v) is 23.7. The molecule has 0 saturated carbocycles. The van der Waals surface area contributed by atoms with Crippen molar-refractivity contribution >= 4 is 33.0 Å². The Morgan fingerprint density at radius 2 is 1.37 bits per heavy atom. The maximum Gasteiger partial charge on any atom is 0.149 e. The predicted molar refractivity (Wildman–Crippen MR) is 167 cm³/mol. The van der Waals surface area contributed by atoms with Gasteiger partial charge in [0, 0.05) is 16.3 Å². The zero-order valence-electron chi connectivity index (χ0n) is 23.7. The molecule has 0 atom stereocenters. The minimum absolute atomic E-state index is 0.248. The van der Waals surface area contributed by atoms with Crippen molar-refractivity contribution in [2.75, 3.05) is 0 Å². The molecule has 0 fully saturated rings. The summed E-state index contributed by atoms with van der Waals surface area (Å²) in [5, 5.41) is 2.01. The first-order chi connectivity index (χ1) is 19.9. The van der Waals surface area contributed by atoms with Crippen LogP contribution in [0.5, 0.6) is 0 Å². The molecule has 0 N–H and O–H groups in total. The van der Waals surface area contributed by atoms with Gasteiger partial charge in [0.25, 0.3) is 0 Å². The molecule has 0 aliphatic heterocycles. The zero-order chi connectivity index (χ0) is 28.2. The number of hydrogen-bond acceptors (Lipinski definition) is 2. The van der Waals surface area contributed by atoms with Crippen LogP contribution in [0.1, 0.15) is 50.7 Å². The number of nitrogens with zero attached hydrogens (tertiary/aromatic N) is 2. The van der Waals surface area contributed by atoms with E-state index in [0.29, 0.717) is 17.4 Å². The Balaban J connectivity index is 1.53. The van der Waals surface area contributed by atoms with Crippen LogP contribution in [0.4, 0.5) is 4.39 Å². The highest BCUT2D eigenvalue weighted by molar-refractivity contribution is 6.10. The third-order valence-corrected chi connectivity index (χ3v) is 8.05. The second-order valence-electron chi connectivity index (χ2n) is 11.3. The molecule has 7 rings (SSSR count). The van der Waals surface area contributed by atoms with E-state index < -0.39 is 0 Å². The highest BCUT2D eigenvalue weighted by atomic mass is 19.1. The highest BCUT2D eigenvalue weighted by Gasteiger charge is 2.24. The lowest BCUT2D eigenvalue weighted by Crippen LogP contribution is -2.08. The summed E-state index contributed by atoms with van der Waals surface area (Å²) >= 11 is 0. The molecule has 5 aromatic carbocycles. The normalized spacial score (nSPS) is 12.0. The summed E-state index contributed by atoms with van der Waals surface area (Å²) < 4.78 is 23.5. The predicted octanol–water partition coefficient (Wildman–Crippen LogP) is 10.6. The minimum Gasteiger partial charge on any atom is -0.455 e. The number of rotatable bonds is 5.